The van der Waals surface area contributed by atoms with E-state index in [0.29, 0.717) is 6.42 Å². The van der Waals surface area contributed by atoms with Gasteiger partial charge in [0.25, 0.3) is 0 Å². The van der Waals surface area contributed by atoms with Crippen LogP contribution in [0.4, 0.5) is 5.69 Å². The summed E-state index contributed by atoms with van der Waals surface area (Å²) in [5, 5.41) is 3.00. The van der Waals surface area contributed by atoms with Crippen molar-refractivity contribution in [2.24, 2.45) is 0 Å². The summed E-state index contributed by atoms with van der Waals surface area (Å²) in [6, 6.07) is 7.39. The average Bonchev–Trinajstić information content (AvgIpc) is 2.21. The van der Waals surface area contributed by atoms with Crippen LogP contribution in [0.1, 0.15) is 32.8 Å². The molecular weight excluding hydrogens is 200 g/mol. The zero-order chi connectivity index (χ0) is 12.2. The molecule has 0 aliphatic heterocycles. The summed E-state index contributed by atoms with van der Waals surface area (Å²) in [6.07, 6.45) is 1.32. The summed E-state index contributed by atoms with van der Waals surface area (Å²) in [4.78, 5) is 11.7. The van der Waals surface area contributed by atoms with E-state index < -0.39 is 0 Å². The van der Waals surface area contributed by atoms with Gasteiger partial charge in [0.05, 0.1) is 6.42 Å². The van der Waals surface area contributed by atoms with Crippen molar-refractivity contribution in [3.05, 3.63) is 29.8 Å². The van der Waals surface area contributed by atoms with E-state index in [-0.39, 0.29) is 11.4 Å². The molecule has 0 radical (unpaired) electrons. The first-order chi connectivity index (χ1) is 7.43. The maximum Gasteiger partial charge on any atom is 0.224 e. The number of nitrogens with two attached hydrogens (primary N) is 1. The van der Waals surface area contributed by atoms with Crippen LogP contribution in [0, 0.1) is 0 Å². The third kappa shape index (κ3) is 3.93. The summed E-state index contributed by atoms with van der Waals surface area (Å²) in [5.74, 6) is 0.0524. The zero-order valence-electron chi connectivity index (χ0n) is 10.2. The first-order valence-electron chi connectivity index (χ1n) is 5.58. The molecular formula is C13H20N2O. The van der Waals surface area contributed by atoms with Gasteiger partial charge >= 0.3 is 0 Å². The van der Waals surface area contributed by atoms with Gasteiger partial charge in [-0.15, -0.1) is 0 Å². The van der Waals surface area contributed by atoms with Gasteiger partial charge < -0.3 is 11.1 Å². The highest BCUT2D eigenvalue weighted by atomic mass is 16.1. The molecule has 88 valence electrons. The van der Waals surface area contributed by atoms with E-state index in [1.165, 1.54) is 0 Å². The lowest BCUT2D eigenvalue weighted by Gasteiger charge is -2.24. The second-order valence-electron chi connectivity index (χ2n) is 4.70. The summed E-state index contributed by atoms with van der Waals surface area (Å²) in [6.45, 7) is 6.10. The smallest absolute Gasteiger partial charge is 0.224 e. The monoisotopic (exact) mass is 220 g/mol. The molecule has 3 heteroatoms. The Balaban J connectivity index is 2.55. The first kappa shape index (κ1) is 12.6. The Morgan fingerprint density at radius 1 is 1.31 bits per heavy atom. The third-order valence-electron chi connectivity index (χ3n) is 2.71. The summed E-state index contributed by atoms with van der Waals surface area (Å²) < 4.78 is 0. The van der Waals surface area contributed by atoms with Crippen molar-refractivity contribution in [2.75, 3.05) is 5.73 Å². The van der Waals surface area contributed by atoms with E-state index >= 15 is 0 Å². The fourth-order valence-electron chi connectivity index (χ4n) is 1.33. The normalized spacial score (nSPS) is 11.2. The quantitative estimate of drug-likeness (QED) is 0.764. The van der Waals surface area contributed by atoms with Gasteiger partial charge in [0.15, 0.2) is 0 Å². The maximum atomic E-state index is 11.7. The molecule has 1 aromatic carbocycles. The van der Waals surface area contributed by atoms with E-state index in [9.17, 15) is 4.79 Å². The molecule has 0 aliphatic rings. The van der Waals surface area contributed by atoms with Crippen LogP contribution in [0.2, 0.25) is 0 Å². The molecule has 1 amide bonds. The Kier molecular flexibility index (Phi) is 3.93. The Morgan fingerprint density at radius 2 is 1.88 bits per heavy atom. The van der Waals surface area contributed by atoms with Crippen molar-refractivity contribution in [1.29, 1.82) is 0 Å². The van der Waals surface area contributed by atoms with Crippen LogP contribution in [-0.2, 0) is 11.2 Å². The van der Waals surface area contributed by atoms with Gasteiger partial charge in [0.2, 0.25) is 5.91 Å². The molecule has 0 saturated heterocycles. The Bertz CT molecular complexity index is 355. The largest absolute Gasteiger partial charge is 0.399 e. The molecule has 1 aromatic rings. The Morgan fingerprint density at radius 3 is 2.38 bits per heavy atom. The highest BCUT2D eigenvalue weighted by Crippen LogP contribution is 2.09. The molecule has 0 saturated carbocycles. The van der Waals surface area contributed by atoms with Crippen molar-refractivity contribution < 1.29 is 4.79 Å². The first-order valence-corrected chi connectivity index (χ1v) is 5.58. The SMILES string of the molecule is CCC(C)(C)NC(=O)Cc1ccc(N)cc1. The van der Waals surface area contributed by atoms with Crippen molar-refractivity contribution >= 4 is 11.6 Å². The standard InChI is InChI=1S/C13H20N2O/c1-4-13(2,3)15-12(16)9-10-5-7-11(14)8-6-10/h5-8H,4,9,14H2,1-3H3,(H,15,16). The average molecular weight is 220 g/mol. The van der Waals surface area contributed by atoms with Crippen molar-refractivity contribution in [2.45, 2.75) is 39.2 Å². The van der Waals surface area contributed by atoms with Crippen LogP contribution in [0.3, 0.4) is 0 Å². The van der Waals surface area contributed by atoms with Gasteiger partial charge in [-0.3, -0.25) is 4.79 Å². The fraction of sp³-hybridized carbons (Fsp3) is 0.462. The van der Waals surface area contributed by atoms with E-state index in [0.717, 1.165) is 17.7 Å². The molecule has 16 heavy (non-hydrogen) atoms. The van der Waals surface area contributed by atoms with Crippen molar-refractivity contribution in [3.8, 4) is 0 Å². The van der Waals surface area contributed by atoms with Gasteiger partial charge in [0.1, 0.15) is 0 Å². The van der Waals surface area contributed by atoms with E-state index in [1.807, 2.05) is 38.1 Å². The van der Waals surface area contributed by atoms with E-state index in [4.69, 9.17) is 5.73 Å². The number of carbonyl (C=O) groups is 1. The van der Waals surface area contributed by atoms with Crippen LogP contribution in [0.15, 0.2) is 24.3 Å². The van der Waals surface area contributed by atoms with E-state index in [2.05, 4.69) is 12.2 Å². The van der Waals surface area contributed by atoms with Crippen molar-refractivity contribution in [3.63, 3.8) is 0 Å². The van der Waals surface area contributed by atoms with Gasteiger partial charge in [-0.05, 0) is 38.0 Å². The maximum absolute atomic E-state index is 11.7. The number of carbonyl (C=O) groups excluding carboxylic acids is 1. The molecule has 3 N–H and O–H groups in total. The fourth-order valence-corrected chi connectivity index (χ4v) is 1.33. The molecule has 0 atom stereocenters. The van der Waals surface area contributed by atoms with Crippen LogP contribution in [0.25, 0.3) is 0 Å². The summed E-state index contributed by atoms with van der Waals surface area (Å²) >= 11 is 0. The Labute approximate surface area is 97.0 Å². The topological polar surface area (TPSA) is 55.1 Å². The van der Waals surface area contributed by atoms with Crippen molar-refractivity contribution in [1.82, 2.24) is 5.32 Å². The minimum absolute atomic E-state index is 0.0524. The minimum Gasteiger partial charge on any atom is -0.399 e. The molecule has 0 spiro atoms. The molecule has 0 bridgehead atoms. The molecule has 1 rings (SSSR count). The highest BCUT2D eigenvalue weighted by Gasteiger charge is 2.17. The lowest BCUT2D eigenvalue weighted by molar-refractivity contribution is -0.122. The van der Waals surface area contributed by atoms with Gasteiger partial charge in [-0.25, -0.2) is 0 Å². The number of rotatable bonds is 4. The number of hydrogen-bond acceptors (Lipinski definition) is 2. The number of benzene rings is 1. The van der Waals surface area contributed by atoms with Gasteiger partial charge in [0, 0.05) is 11.2 Å². The molecule has 0 aromatic heterocycles. The molecule has 3 nitrogen and oxygen atoms in total. The highest BCUT2D eigenvalue weighted by molar-refractivity contribution is 5.79. The van der Waals surface area contributed by atoms with Gasteiger partial charge in [-0.1, -0.05) is 19.1 Å². The molecule has 0 aliphatic carbocycles. The number of hydrogen-bond donors (Lipinski definition) is 2. The molecule has 0 unspecified atom stereocenters. The van der Waals surface area contributed by atoms with Crippen LogP contribution in [-0.4, -0.2) is 11.4 Å². The lowest BCUT2D eigenvalue weighted by atomic mass is 10.0. The van der Waals surface area contributed by atoms with Crippen LogP contribution >= 0.6 is 0 Å². The molecule has 0 fully saturated rings. The second kappa shape index (κ2) is 5.01. The minimum atomic E-state index is -0.134. The lowest BCUT2D eigenvalue weighted by Crippen LogP contribution is -2.43. The number of amides is 1. The van der Waals surface area contributed by atoms with Gasteiger partial charge in [-0.2, -0.15) is 0 Å². The number of nitrogen functional groups attached to an aromatic ring is 1. The number of nitrogens with one attached hydrogen (secondary N) is 1. The predicted octanol–water partition coefficient (Wildman–Crippen LogP) is 2.12. The summed E-state index contributed by atoms with van der Waals surface area (Å²) in [7, 11) is 0. The summed E-state index contributed by atoms with van der Waals surface area (Å²) in [5.41, 5.74) is 7.15. The Hall–Kier alpha value is -1.51. The van der Waals surface area contributed by atoms with Crippen LogP contribution < -0.4 is 11.1 Å². The predicted molar refractivity (Wildman–Crippen MR) is 67.1 cm³/mol. The third-order valence-corrected chi connectivity index (χ3v) is 2.71. The van der Waals surface area contributed by atoms with Crippen LogP contribution in [0.5, 0.6) is 0 Å². The zero-order valence-corrected chi connectivity index (χ0v) is 10.2. The second-order valence-corrected chi connectivity index (χ2v) is 4.70. The molecule has 0 heterocycles. The van der Waals surface area contributed by atoms with E-state index in [1.54, 1.807) is 0 Å². The number of anilines is 1.